The van der Waals surface area contributed by atoms with E-state index in [2.05, 4.69) is 36.8 Å². The zero-order valence-electron chi connectivity index (χ0n) is 12.6. The first kappa shape index (κ1) is 12.7. The predicted octanol–water partition coefficient (Wildman–Crippen LogP) is 2.63. The van der Waals surface area contributed by atoms with Crippen molar-refractivity contribution in [1.82, 2.24) is 19.6 Å². The summed E-state index contributed by atoms with van der Waals surface area (Å²) in [5, 5.41) is 12.5. The molecule has 0 saturated carbocycles. The minimum absolute atomic E-state index is 0.452. The van der Waals surface area contributed by atoms with Gasteiger partial charge in [-0.1, -0.05) is 5.57 Å². The SMILES string of the molecule is N#CC=C1CC2CCC(C1)N2n1cnc2cnc3[nH]ccc3c21. The Hall–Kier alpha value is -2.81. The molecule has 2 aliphatic rings. The van der Waals surface area contributed by atoms with Crippen LogP contribution >= 0.6 is 0 Å². The summed E-state index contributed by atoms with van der Waals surface area (Å²) in [6.07, 6.45) is 11.7. The van der Waals surface area contributed by atoms with Crippen LogP contribution in [-0.4, -0.2) is 31.7 Å². The van der Waals surface area contributed by atoms with Crippen LogP contribution in [0.3, 0.4) is 0 Å². The Balaban J connectivity index is 1.66. The summed E-state index contributed by atoms with van der Waals surface area (Å²) in [6.45, 7) is 0. The number of allylic oxidation sites excluding steroid dienone is 1. The molecule has 2 unspecified atom stereocenters. The molecule has 0 amide bonds. The highest BCUT2D eigenvalue weighted by molar-refractivity contribution is 6.01. The summed E-state index contributed by atoms with van der Waals surface area (Å²) in [5.41, 5.74) is 4.23. The van der Waals surface area contributed by atoms with E-state index in [0.29, 0.717) is 12.1 Å². The van der Waals surface area contributed by atoms with Gasteiger partial charge in [0, 0.05) is 29.7 Å². The molecule has 2 fully saturated rings. The fourth-order valence-corrected chi connectivity index (χ4v) is 4.26. The molecular weight excluding hydrogens is 288 g/mol. The molecule has 0 spiro atoms. The maximum atomic E-state index is 8.93. The highest BCUT2D eigenvalue weighted by atomic mass is 15.6. The quantitative estimate of drug-likeness (QED) is 0.701. The summed E-state index contributed by atoms with van der Waals surface area (Å²) in [6, 6.07) is 5.16. The zero-order valence-corrected chi connectivity index (χ0v) is 12.6. The van der Waals surface area contributed by atoms with E-state index in [9.17, 15) is 0 Å². The molecule has 23 heavy (non-hydrogen) atoms. The number of aromatic amines is 1. The van der Waals surface area contributed by atoms with Gasteiger partial charge in [-0.3, -0.25) is 0 Å². The van der Waals surface area contributed by atoms with Crippen molar-refractivity contribution in [2.45, 2.75) is 37.8 Å². The molecule has 5 heterocycles. The number of hydrogen-bond donors (Lipinski definition) is 1. The number of nitrogens with zero attached hydrogens (tertiary/aromatic N) is 5. The van der Waals surface area contributed by atoms with Crippen molar-refractivity contribution < 1.29 is 0 Å². The van der Waals surface area contributed by atoms with Crippen molar-refractivity contribution in [3.05, 3.63) is 36.4 Å². The van der Waals surface area contributed by atoms with Gasteiger partial charge in [-0.15, -0.1) is 0 Å². The van der Waals surface area contributed by atoms with Crippen LogP contribution in [-0.2, 0) is 0 Å². The third-order valence-electron chi connectivity index (χ3n) is 5.17. The van der Waals surface area contributed by atoms with Crippen LogP contribution < -0.4 is 5.01 Å². The van der Waals surface area contributed by atoms with Crippen LogP contribution in [0.15, 0.2) is 36.4 Å². The fourth-order valence-electron chi connectivity index (χ4n) is 4.26. The average Bonchev–Trinajstić information content (AvgIpc) is 3.22. The van der Waals surface area contributed by atoms with Crippen LogP contribution in [0.5, 0.6) is 0 Å². The summed E-state index contributed by atoms with van der Waals surface area (Å²) in [4.78, 5) is 12.2. The summed E-state index contributed by atoms with van der Waals surface area (Å²) in [5.74, 6) is 0. The van der Waals surface area contributed by atoms with E-state index < -0.39 is 0 Å². The van der Waals surface area contributed by atoms with E-state index in [1.165, 1.54) is 18.4 Å². The molecule has 5 rings (SSSR count). The van der Waals surface area contributed by atoms with E-state index in [1.807, 2.05) is 18.7 Å². The molecule has 6 heteroatoms. The predicted molar refractivity (Wildman–Crippen MR) is 87.3 cm³/mol. The van der Waals surface area contributed by atoms with Crippen LogP contribution in [0.25, 0.3) is 22.1 Å². The number of pyridine rings is 1. The molecule has 3 aromatic rings. The lowest BCUT2D eigenvalue weighted by molar-refractivity contribution is 0.442. The molecule has 114 valence electrons. The van der Waals surface area contributed by atoms with Gasteiger partial charge in [0.1, 0.15) is 23.0 Å². The van der Waals surface area contributed by atoms with Crippen molar-refractivity contribution in [1.29, 1.82) is 5.26 Å². The van der Waals surface area contributed by atoms with Crippen LogP contribution in [0.4, 0.5) is 0 Å². The van der Waals surface area contributed by atoms with Gasteiger partial charge in [0.25, 0.3) is 0 Å². The monoisotopic (exact) mass is 304 g/mol. The van der Waals surface area contributed by atoms with E-state index in [1.54, 1.807) is 6.08 Å². The Morgan fingerprint density at radius 3 is 2.87 bits per heavy atom. The maximum Gasteiger partial charge on any atom is 0.139 e. The van der Waals surface area contributed by atoms with E-state index in [4.69, 9.17) is 5.26 Å². The van der Waals surface area contributed by atoms with Crippen molar-refractivity contribution in [2.75, 3.05) is 5.01 Å². The highest BCUT2D eigenvalue weighted by Gasteiger charge is 2.39. The molecule has 2 saturated heterocycles. The lowest BCUT2D eigenvalue weighted by Gasteiger charge is -2.38. The standard InChI is InChI=1S/C17H16N6/c18-5-3-11-7-12-1-2-13(8-11)23(12)22-10-21-15-9-20-17-14(16(15)22)4-6-19-17/h3-4,6,9-10,12-13H,1-2,7-8H2,(H,19,20). The number of rotatable bonds is 1. The maximum absolute atomic E-state index is 8.93. The third-order valence-corrected chi connectivity index (χ3v) is 5.17. The number of aromatic nitrogens is 4. The van der Waals surface area contributed by atoms with E-state index in [-0.39, 0.29) is 0 Å². The lowest BCUT2D eigenvalue weighted by Crippen LogP contribution is -2.47. The molecule has 0 radical (unpaired) electrons. The highest BCUT2D eigenvalue weighted by Crippen LogP contribution is 2.38. The minimum atomic E-state index is 0.452. The van der Waals surface area contributed by atoms with Gasteiger partial charge in [-0.25, -0.2) is 14.6 Å². The Bertz CT molecular complexity index is 956. The molecule has 6 nitrogen and oxygen atoms in total. The second-order valence-electron chi connectivity index (χ2n) is 6.43. The van der Waals surface area contributed by atoms with Crippen LogP contribution in [0, 0.1) is 11.3 Å². The normalized spacial score (nSPS) is 23.6. The molecule has 0 aliphatic carbocycles. The van der Waals surface area contributed by atoms with E-state index in [0.717, 1.165) is 34.9 Å². The number of nitriles is 1. The largest absolute Gasteiger partial charge is 0.346 e. The Morgan fingerprint density at radius 1 is 1.26 bits per heavy atom. The Kier molecular flexibility index (Phi) is 2.54. The van der Waals surface area contributed by atoms with Crippen molar-refractivity contribution in [3.8, 4) is 6.07 Å². The molecule has 3 aromatic heterocycles. The third kappa shape index (κ3) is 1.73. The average molecular weight is 304 g/mol. The van der Waals surface area contributed by atoms with Crippen LogP contribution in [0.1, 0.15) is 25.7 Å². The first-order valence-corrected chi connectivity index (χ1v) is 8.00. The second kappa shape index (κ2) is 4.59. The van der Waals surface area contributed by atoms with Gasteiger partial charge >= 0.3 is 0 Å². The molecule has 1 N–H and O–H groups in total. The van der Waals surface area contributed by atoms with Gasteiger partial charge in [-0.05, 0) is 31.7 Å². The minimum Gasteiger partial charge on any atom is -0.346 e. The topological polar surface area (TPSA) is 73.5 Å². The van der Waals surface area contributed by atoms with Crippen molar-refractivity contribution >= 4 is 22.1 Å². The van der Waals surface area contributed by atoms with Gasteiger partial charge < -0.3 is 9.99 Å². The van der Waals surface area contributed by atoms with Gasteiger partial charge in [-0.2, -0.15) is 5.26 Å². The Morgan fingerprint density at radius 2 is 2.09 bits per heavy atom. The Labute approximate surface area is 133 Å². The number of H-pyrrole nitrogens is 1. The first-order valence-electron chi connectivity index (χ1n) is 8.00. The lowest BCUT2D eigenvalue weighted by atomic mass is 9.98. The second-order valence-corrected chi connectivity index (χ2v) is 6.43. The van der Waals surface area contributed by atoms with Gasteiger partial charge in [0.2, 0.25) is 0 Å². The number of nitrogens with one attached hydrogen (secondary N) is 1. The first-order chi connectivity index (χ1) is 11.3. The molecule has 2 atom stereocenters. The number of fused-ring (bicyclic) bond motifs is 5. The van der Waals surface area contributed by atoms with Gasteiger partial charge in [0.15, 0.2) is 0 Å². The molecular formula is C17H16N6. The summed E-state index contributed by atoms with van der Waals surface area (Å²) >= 11 is 0. The van der Waals surface area contributed by atoms with E-state index >= 15 is 0 Å². The van der Waals surface area contributed by atoms with Gasteiger partial charge in [0.05, 0.1) is 12.3 Å². The van der Waals surface area contributed by atoms with Crippen molar-refractivity contribution in [2.24, 2.45) is 0 Å². The smallest absolute Gasteiger partial charge is 0.139 e. The summed E-state index contributed by atoms with van der Waals surface area (Å²) in [7, 11) is 0. The number of piperidine rings is 1. The zero-order chi connectivity index (χ0) is 15.4. The molecule has 0 aromatic carbocycles. The molecule has 2 bridgehead atoms. The van der Waals surface area contributed by atoms with Crippen molar-refractivity contribution in [3.63, 3.8) is 0 Å². The number of imidazole rings is 1. The number of hydrogen-bond acceptors (Lipinski definition) is 4. The van der Waals surface area contributed by atoms with Crippen LogP contribution in [0.2, 0.25) is 0 Å². The molecule has 2 aliphatic heterocycles. The summed E-state index contributed by atoms with van der Waals surface area (Å²) < 4.78 is 2.22. The fraction of sp³-hybridized carbons (Fsp3) is 0.353.